The van der Waals surface area contributed by atoms with Gasteiger partial charge in [0.1, 0.15) is 5.75 Å². The summed E-state index contributed by atoms with van der Waals surface area (Å²) in [5, 5.41) is 11.6. The lowest BCUT2D eigenvalue weighted by molar-refractivity contribution is -0.137. The van der Waals surface area contributed by atoms with Crippen LogP contribution in [0.15, 0.2) is 12.1 Å². The zero-order chi connectivity index (χ0) is 18.0. The first kappa shape index (κ1) is 17.5. The average molecular weight is 345 g/mol. The smallest absolute Gasteiger partial charge is 0.303 e. The van der Waals surface area contributed by atoms with E-state index in [1.807, 2.05) is 6.07 Å². The molecule has 2 aliphatic rings. The molecule has 1 amide bonds. The first-order valence-electron chi connectivity index (χ1n) is 8.86. The highest BCUT2D eigenvalue weighted by Gasteiger charge is 2.29. The summed E-state index contributed by atoms with van der Waals surface area (Å²) in [6, 6.07) is 3.53. The third kappa shape index (κ3) is 3.83. The maximum absolute atomic E-state index is 12.6. The summed E-state index contributed by atoms with van der Waals surface area (Å²) < 4.78 is 5.69. The van der Waals surface area contributed by atoms with Crippen molar-refractivity contribution in [1.29, 1.82) is 0 Å². The van der Waals surface area contributed by atoms with E-state index in [2.05, 4.69) is 5.32 Å². The predicted molar refractivity (Wildman–Crippen MR) is 92.2 cm³/mol. The summed E-state index contributed by atoms with van der Waals surface area (Å²) in [7, 11) is 0. The summed E-state index contributed by atoms with van der Waals surface area (Å²) in [5.74, 6) is -0.571. The Labute approximate surface area is 146 Å². The molecular weight excluding hydrogens is 322 g/mol. The van der Waals surface area contributed by atoms with Gasteiger partial charge in [-0.15, -0.1) is 0 Å². The minimum Gasteiger partial charge on any atom is -0.481 e. The van der Waals surface area contributed by atoms with Crippen molar-refractivity contribution >= 4 is 23.3 Å². The van der Waals surface area contributed by atoms with Gasteiger partial charge in [0, 0.05) is 12.0 Å². The molecule has 1 heterocycles. The number of carbonyl (C=O) groups excluding carboxylic acids is 2. The number of ketones is 1. The molecule has 6 nitrogen and oxygen atoms in total. The third-order valence-corrected chi connectivity index (χ3v) is 4.99. The SMILES string of the molecule is CC1Oc2cc(C3CCCCC3)c(C(=O)CCC(=O)O)cc2NC1=O. The second-order valence-corrected chi connectivity index (χ2v) is 6.84. The molecule has 0 bridgehead atoms. The van der Waals surface area contributed by atoms with Gasteiger partial charge in [-0.25, -0.2) is 0 Å². The van der Waals surface area contributed by atoms with Crippen molar-refractivity contribution in [3.8, 4) is 5.75 Å². The van der Waals surface area contributed by atoms with Crippen molar-refractivity contribution in [3.63, 3.8) is 0 Å². The van der Waals surface area contributed by atoms with Crippen LogP contribution in [0, 0.1) is 0 Å². The maximum Gasteiger partial charge on any atom is 0.303 e. The van der Waals surface area contributed by atoms with Gasteiger partial charge in [-0.3, -0.25) is 14.4 Å². The quantitative estimate of drug-likeness (QED) is 0.797. The maximum atomic E-state index is 12.6. The Morgan fingerprint density at radius 3 is 2.60 bits per heavy atom. The molecule has 1 unspecified atom stereocenters. The van der Waals surface area contributed by atoms with E-state index in [0.29, 0.717) is 17.0 Å². The van der Waals surface area contributed by atoms with Crippen LogP contribution in [0.25, 0.3) is 0 Å². The van der Waals surface area contributed by atoms with Crippen LogP contribution in [0.4, 0.5) is 5.69 Å². The molecule has 0 radical (unpaired) electrons. The second-order valence-electron chi connectivity index (χ2n) is 6.84. The van der Waals surface area contributed by atoms with Crippen LogP contribution in [0.2, 0.25) is 0 Å². The molecular formula is C19H23NO5. The van der Waals surface area contributed by atoms with Gasteiger partial charge in [-0.1, -0.05) is 19.3 Å². The zero-order valence-electron chi connectivity index (χ0n) is 14.3. The van der Waals surface area contributed by atoms with E-state index in [1.165, 1.54) is 6.42 Å². The van der Waals surface area contributed by atoms with Crippen molar-refractivity contribution in [3.05, 3.63) is 23.3 Å². The minimum absolute atomic E-state index is 0.0426. The molecule has 1 aliphatic heterocycles. The van der Waals surface area contributed by atoms with Crippen LogP contribution in [-0.4, -0.2) is 28.9 Å². The molecule has 2 N–H and O–H groups in total. The lowest BCUT2D eigenvalue weighted by Gasteiger charge is -2.28. The first-order valence-corrected chi connectivity index (χ1v) is 8.86. The van der Waals surface area contributed by atoms with E-state index in [9.17, 15) is 14.4 Å². The monoisotopic (exact) mass is 345 g/mol. The molecule has 0 aromatic heterocycles. The highest BCUT2D eigenvalue weighted by molar-refractivity contribution is 6.03. The molecule has 25 heavy (non-hydrogen) atoms. The largest absolute Gasteiger partial charge is 0.481 e. The molecule has 134 valence electrons. The molecule has 0 saturated heterocycles. The van der Waals surface area contributed by atoms with E-state index in [1.54, 1.807) is 13.0 Å². The molecule has 1 aromatic rings. The number of carboxylic acid groups (broad SMARTS) is 1. The molecule has 1 atom stereocenters. The number of rotatable bonds is 5. The Bertz CT molecular complexity index is 706. The summed E-state index contributed by atoms with van der Waals surface area (Å²) in [6.45, 7) is 1.68. The normalized spacial score (nSPS) is 20.4. The fourth-order valence-electron chi connectivity index (χ4n) is 3.62. The highest BCUT2D eigenvalue weighted by Crippen LogP contribution is 2.40. The summed E-state index contributed by atoms with van der Waals surface area (Å²) in [4.78, 5) is 35.3. The Morgan fingerprint density at radius 2 is 1.92 bits per heavy atom. The number of fused-ring (bicyclic) bond motifs is 1. The summed E-state index contributed by atoms with van der Waals surface area (Å²) >= 11 is 0. The van der Waals surface area contributed by atoms with Gasteiger partial charge >= 0.3 is 5.97 Å². The van der Waals surface area contributed by atoms with Crippen LogP contribution < -0.4 is 10.1 Å². The van der Waals surface area contributed by atoms with Gasteiger partial charge in [-0.2, -0.15) is 0 Å². The molecule has 0 spiro atoms. The fraction of sp³-hybridized carbons (Fsp3) is 0.526. The Morgan fingerprint density at radius 1 is 1.20 bits per heavy atom. The number of hydrogen-bond acceptors (Lipinski definition) is 4. The van der Waals surface area contributed by atoms with Crippen molar-refractivity contribution in [2.24, 2.45) is 0 Å². The number of carbonyl (C=O) groups is 3. The topological polar surface area (TPSA) is 92.7 Å². The van der Waals surface area contributed by atoms with E-state index in [4.69, 9.17) is 9.84 Å². The van der Waals surface area contributed by atoms with Gasteiger partial charge in [0.2, 0.25) is 0 Å². The number of anilines is 1. The van der Waals surface area contributed by atoms with Gasteiger partial charge in [0.25, 0.3) is 5.91 Å². The predicted octanol–water partition coefficient (Wildman–Crippen LogP) is 3.50. The van der Waals surface area contributed by atoms with Crippen LogP contribution in [0.3, 0.4) is 0 Å². The number of Topliss-reactive ketones (excluding diaryl/α,β-unsaturated/α-hetero) is 1. The van der Waals surface area contributed by atoms with E-state index in [0.717, 1.165) is 31.2 Å². The van der Waals surface area contributed by atoms with Gasteiger partial charge in [0.15, 0.2) is 11.9 Å². The van der Waals surface area contributed by atoms with Crippen molar-refractivity contribution in [2.75, 3.05) is 5.32 Å². The molecule has 6 heteroatoms. The second kappa shape index (κ2) is 7.25. The van der Waals surface area contributed by atoms with Gasteiger partial charge < -0.3 is 15.2 Å². The van der Waals surface area contributed by atoms with Crippen LogP contribution in [-0.2, 0) is 9.59 Å². The number of aliphatic carboxylic acids is 1. The minimum atomic E-state index is -0.990. The standard InChI is InChI=1S/C19H23NO5/c1-11-19(24)20-15-9-14(16(21)7-8-18(22)23)13(10-17(15)25-11)12-5-3-2-4-6-12/h9-12H,2-8H2,1H3,(H,20,24)(H,22,23). The molecule has 1 aliphatic carbocycles. The Hall–Kier alpha value is -2.37. The number of amides is 1. The molecule has 1 aromatic carbocycles. The lowest BCUT2D eigenvalue weighted by Crippen LogP contribution is -2.34. The zero-order valence-corrected chi connectivity index (χ0v) is 14.3. The number of benzene rings is 1. The summed E-state index contributed by atoms with van der Waals surface area (Å²) in [6.07, 6.45) is 4.67. The van der Waals surface area contributed by atoms with E-state index in [-0.39, 0.29) is 30.4 Å². The molecule has 1 saturated carbocycles. The van der Waals surface area contributed by atoms with Crippen molar-refractivity contribution < 1.29 is 24.2 Å². The van der Waals surface area contributed by atoms with Crippen LogP contribution in [0.1, 0.15) is 73.7 Å². The Kier molecular flexibility index (Phi) is 5.06. The number of ether oxygens (including phenoxy) is 1. The molecule has 1 fully saturated rings. The Balaban J connectivity index is 1.97. The molecule has 3 rings (SSSR count). The van der Waals surface area contributed by atoms with E-state index >= 15 is 0 Å². The van der Waals surface area contributed by atoms with Crippen LogP contribution >= 0.6 is 0 Å². The number of carboxylic acids is 1. The van der Waals surface area contributed by atoms with Crippen molar-refractivity contribution in [2.45, 2.75) is 63.9 Å². The third-order valence-electron chi connectivity index (χ3n) is 4.99. The van der Waals surface area contributed by atoms with Gasteiger partial charge in [-0.05, 0) is 43.4 Å². The van der Waals surface area contributed by atoms with Crippen molar-refractivity contribution in [1.82, 2.24) is 0 Å². The number of hydrogen-bond donors (Lipinski definition) is 2. The first-order chi connectivity index (χ1) is 12.0. The fourth-order valence-corrected chi connectivity index (χ4v) is 3.62. The summed E-state index contributed by atoms with van der Waals surface area (Å²) in [5.41, 5.74) is 1.93. The number of nitrogens with one attached hydrogen (secondary N) is 1. The van der Waals surface area contributed by atoms with Crippen LogP contribution in [0.5, 0.6) is 5.75 Å². The highest BCUT2D eigenvalue weighted by atomic mass is 16.5. The van der Waals surface area contributed by atoms with Gasteiger partial charge in [0.05, 0.1) is 12.1 Å². The van der Waals surface area contributed by atoms with E-state index < -0.39 is 12.1 Å². The lowest BCUT2D eigenvalue weighted by atomic mass is 9.80. The average Bonchev–Trinajstić information content (AvgIpc) is 2.60.